The Hall–Kier alpha value is -3.03. The van der Waals surface area contributed by atoms with E-state index in [1.165, 1.54) is 6.42 Å². The van der Waals surface area contributed by atoms with Gasteiger partial charge in [0.15, 0.2) is 17.3 Å². The summed E-state index contributed by atoms with van der Waals surface area (Å²) in [5, 5.41) is 6.14. The van der Waals surface area contributed by atoms with E-state index in [9.17, 15) is 9.59 Å². The number of benzene rings is 1. The highest BCUT2D eigenvalue weighted by Gasteiger charge is 2.59. The molecule has 1 aromatic rings. The lowest BCUT2D eigenvalue weighted by Crippen LogP contribution is -2.70. The van der Waals surface area contributed by atoms with Crippen LogP contribution >= 0.6 is 0 Å². The molecule has 5 rings (SSSR count). The molecule has 57 heavy (non-hydrogen) atoms. The summed E-state index contributed by atoms with van der Waals surface area (Å²) in [5.74, 6) is -3.43. The minimum absolute atomic E-state index is 0.0145. The monoisotopic (exact) mass is 792 g/mol. The quantitative estimate of drug-likeness (QED) is 0.0829. The lowest BCUT2D eigenvalue weighted by atomic mass is 9.60. The van der Waals surface area contributed by atoms with Gasteiger partial charge in [0.25, 0.3) is 0 Å². The molecule has 1 heterocycles. The Morgan fingerprint density at radius 2 is 1.47 bits per heavy atom. The molecule has 1 saturated heterocycles. The molecule has 0 bridgehead atoms. The van der Waals surface area contributed by atoms with Gasteiger partial charge >= 0.3 is 0 Å². The number of ketones is 3. The summed E-state index contributed by atoms with van der Waals surface area (Å²) in [7, 11) is 1.73. The highest BCUT2D eigenvalue weighted by Crippen LogP contribution is 2.42. The molecule has 4 fully saturated rings. The van der Waals surface area contributed by atoms with Gasteiger partial charge in [-0.15, -0.1) is 0 Å². The van der Waals surface area contributed by atoms with Gasteiger partial charge in [-0.2, -0.15) is 0 Å². The third-order valence-corrected chi connectivity index (χ3v) is 13.9. The fourth-order valence-corrected chi connectivity index (χ4v) is 10.6. The van der Waals surface area contributed by atoms with Gasteiger partial charge in [-0.1, -0.05) is 81.7 Å². The Labute approximate surface area is 341 Å². The summed E-state index contributed by atoms with van der Waals surface area (Å²) < 4.78 is 0. The second-order valence-corrected chi connectivity index (χ2v) is 17.9. The van der Waals surface area contributed by atoms with Crippen molar-refractivity contribution in [3.8, 4) is 0 Å². The van der Waals surface area contributed by atoms with Gasteiger partial charge in [0.05, 0.1) is 24.0 Å². The zero-order chi connectivity index (χ0) is 41.0. The third kappa shape index (κ3) is 11.4. The van der Waals surface area contributed by atoms with Crippen LogP contribution in [0.2, 0.25) is 0 Å². The van der Waals surface area contributed by atoms with E-state index in [-0.39, 0.29) is 41.3 Å². The first-order valence-electron chi connectivity index (χ1n) is 22.4. The molecule has 12 nitrogen and oxygen atoms in total. The van der Waals surface area contributed by atoms with E-state index in [2.05, 4.69) is 10.6 Å². The number of carbonyl (C=O) groups excluding carboxylic acids is 5. The summed E-state index contributed by atoms with van der Waals surface area (Å²) in [4.78, 5) is 75.6. The van der Waals surface area contributed by atoms with E-state index >= 15 is 14.4 Å². The highest BCUT2D eigenvalue weighted by atomic mass is 16.2. The van der Waals surface area contributed by atoms with E-state index < -0.39 is 47.3 Å². The molecule has 10 N–H and O–H groups in total. The summed E-state index contributed by atoms with van der Waals surface area (Å²) in [6.45, 7) is 0.781. The lowest BCUT2D eigenvalue weighted by molar-refractivity contribution is -0.151. The number of nitrogens with one attached hydrogen (secondary N) is 2. The van der Waals surface area contributed by atoms with Crippen molar-refractivity contribution < 1.29 is 24.0 Å². The molecule has 2 amide bonds. The Bertz CT molecular complexity index is 1470. The van der Waals surface area contributed by atoms with Crippen LogP contribution in [0.4, 0.5) is 0 Å². The molecule has 318 valence electrons. The second kappa shape index (κ2) is 21.8. The standard InChI is InChI=1S/C45H73N7O5/c1-50-37(29-31-16-7-3-8-17-31)43(56)51-36(20-11-12-26-46)44(57)52-27-13-21-38(52)40(53)39(32-18-9-4-10-19-32)45(49,41(54)33-22-24-34(47)25-23-33)42(55)35(48)28-30-14-5-2-6-15-30/h3,7-8,16-17,30,32-39,50H,2,4-6,9-15,18-29,46-49H2,1H3,(H,51,56)/t33-,34-,35-,36+,37+,38+,39?,45+/m1/s1. The number of hydrogen-bond acceptors (Lipinski definition) is 10. The van der Waals surface area contributed by atoms with Crippen molar-refractivity contribution in [2.75, 3.05) is 20.1 Å². The van der Waals surface area contributed by atoms with Crippen LogP contribution in [0.1, 0.15) is 134 Å². The number of carbonyl (C=O) groups is 5. The van der Waals surface area contributed by atoms with E-state index in [0.717, 1.165) is 50.5 Å². The van der Waals surface area contributed by atoms with Gasteiger partial charge in [0.2, 0.25) is 11.8 Å². The SMILES string of the molecule is CN[C@@H](Cc1ccccc1)C(=O)N[C@@H](CCCCN)C(=O)N1CCC[C@H]1C(=O)C(C1CCCCC1)[C@@](N)(C(=O)[C@H](N)CC1CCCCC1)C(=O)[C@H]1CC[C@H](N)CC1. The number of rotatable bonds is 20. The van der Waals surface area contributed by atoms with E-state index in [4.69, 9.17) is 22.9 Å². The van der Waals surface area contributed by atoms with Crippen molar-refractivity contribution >= 4 is 29.2 Å². The average molecular weight is 792 g/mol. The molecule has 0 spiro atoms. The fourth-order valence-electron chi connectivity index (χ4n) is 10.6. The zero-order valence-corrected chi connectivity index (χ0v) is 34.6. The predicted octanol–water partition coefficient (Wildman–Crippen LogP) is 3.84. The van der Waals surface area contributed by atoms with Crippen molar-refractivity contribution in [1.29, 1.82) is 0 Å². The normalized spacial score (nSPS) is 25.5. The molecule has 6 atom stereocenters. The summed E-state index contributed by atoms with van der Waals surface area (Å²) in [6, 6.07) is 6.39. The molecule has 4 aliphatic rings. The van der Waals surface area contributed by atoms with Gasteiger partial charge in [-0.3, -0.25) is 24.0 Å². The molecule has 1 aliphatic heterocycles. The molecule has 12 heteroatoms. The second-order valence-electron chi connectivity index (χ2n) is 17.9. The van der Waals surface area contributed by atoms with Gasteiger partial charge < -0.3 is 38.5 Å². The average Bonchev–Trinajstić information content (AvgIpc) is 3.73. The molecule has 1 aromatic carbocycles. The highest BCUT2D eigenvalue weighted by molar-refractivity contribution is 6.18. The number of hydrogen-bond donors (Lipinski definition) is 6. The van der Waals surface area contributed by atoms with Gasteiger partial charge in [-0.05, 0) is 114 Å². The molecule has 1 unspecified atom stereocenters. The largest absolute Gasteiger partial charge is 0.343 e. The Morgan fingerprint density at radius 1 is 0.825 bits per heavy atom. The minimum atomic E-state index is -2.11. The molecular weight excluding hydrogens is 719 g/mol. The van der Waals surface area contributed by atoms with Crippen LogP contribution in [-0.2, 0) is 30.4 Å². The first-order chi connectivity index (χ1) is 27.5. The molecular formula is C45H73N7O5. The van der Waals surface area contributed by atoms with Crippen molar-refractivity contribution in [3.05, 3.63) is 35.9 Å². The Balaban J connectivity index is 1.46. The van der Waals surface area contributed by atoms with Crippen molar-refractivity contribution in [2.24, 2.45) is 46.6 Å². The van der Waals surface area contributed by atoms with E-state index in [0.29, 0.717) is 96.6 Å². The Kier molecular flexibility index (Phi) is 17.3. The van der Waals surface area contributed by atoms with Crippen LogP contribution in [0, 0.1) is 23.7 Å². The third-order valence-electron chi connectivity index (χ3n) is 13.9. The van der Waals surface area contributed by atoms with Crippen LogP contribution < -0.4 is 33.6 Å². The van der Waals surface area contributed by atoms with E-state index in [1.807, 2.05) is 30.3 Å². The van der Waals surface area contributed by atoms with Gasteiger partial charge in [0, 0.05) is 18.5 Å². The van der Waals surface area contributed by atoms with Crippen LogP contribution in [0.25, 0.3) is 0 Å². The predicted molar refractivity (Wildman–Crippen MR) is 224 cm³/mol. The maximum absolute atomic E-state index is 15.5. The number of Topliss-reactive ketones (excluding diaryl/α,β-unsaturated/α-hetero) is 3. The number of amides is 2. The summed E-state index contributed by atoms with van der Waals surface area (Å²) in [5.41, 5.74) is 25.2. The van der Waals surface area contributed by atoms with E-state index in [1.54, 1.807) is 11.9 Å². The number of nitrogens with zero attached hydrogens (tertiary/aromatic N) is 1. The molecule has 3 saturated carbocycles. The molecule has 3 aliphatic carbocycles. The molecule has 0 aromatic heterocycles. The smallest absolute Gasteiger partial charge is 0.245 e. The molecule has 0 radical (unpaired) electrons. The number of unbranched alkanes of at least 4 members (excludes halogenated alkanes) is 1. The van der Waals surface area contributed by atoms with Crippen LogP contribution in [0.3, 0.4) is 0 Å². The van der Waals surface area contributed by atoms with Crippen molar-refractivity contribution in [3.63, 3.8) is 0 Å². The zero-order valence-electron chi connectivity index (χ0n) is 34.6. The van der Waals surface area contributed by atoms with Crippen LogP contribution in [0.5, 0.6) is 0 Å². The topological polar surface area (TPSA) is 217 Å². The van der Waals surface area contributed by atoms with Gasteiger partial charge in [0.1, 0.15) is 11.6 Å². The summed E-state index contributed by atoms with van der Waals surface area (Å²) >= 11 is 0. The maximum atomic E-state index is 15.5. The van der Waals surface area contributed by atoms with Crippen LogP contribution in [0.15, 0.2) is 30.3 Å². The summed E-state index contributed by atoms with van der Waals surface area (Å²) in [6.07, 6.45) is 15.3. The maximum Gasteiger partial charge on any atom is 0.245 e. The van der Waals surface area contributed by atoms with Crippen molar-refractivity contribution in [2.45, 2.75) is 171 Å². The lowest BCUT2D eigenvalue weighted by Gasteiger charge is -2.45. The first-order valence-corrected chi connectivity index (χ1v) is 22.4. The van der Waals surface area contributed by atoms with Crippen molar-refractivity contribution in [1.82, 2.24) is 15.5 Å². The minimum Gasteiger partial charge on any atom is -0.343 e. The first kappa shape index (κ1) is 45.1. The number of likely N-dealkylation sites (N-methyl/N-ethyl adjacent to an activating group) is 1. The Morgan fingerprint density at radius 3 is 2.11 bits per heavy atom. The van der Waals surface area contributed by atoms with Gasteiger partial charge in [-0.25, -0.2) is 0 Å². The number of likely N-dealkylation sites (tertiary alicyclic amines) is 1. The van der Waals surface area contributed by atoms with Crippen LogP contribution in [-0.4, -0.2) is 89.9 Å². The number of nitrogens with two attached hydrogens (primary N) is 4. The fraction of sp³-hybridized carbons (Fsp3) is 0.756.